The van der Waals surface area contributed by atoms with E-state index in [0.717, 1.165) is 34.5 Å². The minimum atomic E-state index is -0.00194. The lowest BCUT2D eigenvalue weighted by Crippen LogP contribution is -2.33. The fourth-order valence-electron chi connectivity index (χ4n) is 3.52. The third kappa shape index (κ3) is 3.19. The van der Waals surface area contributed by atoms with Gasteiger partial charge in [0.1, 0.15) is 17.1 Å². The summed E-state index contributed by atoms with van der Waals surface area (Å²) in [5, 5.41) is 1.06. The highest BCUT2D eigenvalue weighted by Crippen LogP contribution is 2.31. The van der Waals surface area contributed by atoms with Crippen LogP contribution in [-0.2, 0) is 13.0 Å². The van der Waals surface area contributed by atoms with Crippen LogP contribution in [0.2, 0.25) is 0 Å². The molecule has 4 heteroatoms. The van der Waals surface area contributed by atoms with Crippen LogP contribution in [0.5, 0.6) is 5.75 Å². The summed E-state index contributed by atoms with van der Waals surface area (Å²) < 4.78 is 11.7. The van der Waals surface area contributed by atoms with E-state index in [0.29, 0.717) is 31.2 Å². The monoisotopic (exact) mass is 349 g/mol. The average molecular weight is 349 g/mol. The summed E-state index contributed by atoms with van der Waals surface area (Å²) in [4.78, 5) is 15.1. The second kappa shape index (κ2) is 6.87. The second-order valence-corrected chi connectivity index (χ2v) is 7.22. The predicted molar refractivity (Wildman–Crippen MR) is 101 cm³/mol. The number of fused-ring (bicyclic) bond motifs is 2. The van der Waals surface area contributed by atoms with Gasteiger partial charge in [-0.1, -0.05) is 44.2 Å². The third-order valence-electron chi connectivity index (χ3n) is 4.64. The highest BCUT2D eigenvalue weighted by atomic mass is 16.5. The summed E-state index contributed by atoms with van der Waals surface area (Å²) in [5.74, 6) is 1.91. The van der Waals surface area contributed by atoms with E-state index in [1.807, 2.05) is 53.4 Å². The van der Waals surface area contributed by atoms with Crippen LogP contribution in [0.4, 0.5) is 0 Å². The summed E-state index contributed by atoms with van der Waals surface area (Å²) in [6, 6.07) is 15.8. The summed E-state index contributed by atoms with van der Waals surface area (Å²) in [5.41, 5.74) is 2.62. The number of nitrogens with zero attached hydrogens (tertiary/aromatic N) is 1. The maximum Gasteiger partial charge on any atom is 0.258 e. The van der Waals surface area contributed by atoms with Gasteiger partial charge in [0.2, 0.25) is 0 Å². The smallest absolute Gasteiger partial charge is 0.258 e. The molecule has 2 heterocycles. The molecule has 0 aliphatic carbocycles. The first-order valence-electron chi connectivity index (χ1n) is 9.13. The zero-order chi connectivity index (χ0) is 18.1. The molecule has 4 nitrogen and oxygen atoms in total. The van der Waals surface area contributed by atoms with Gasteiger partial charge < -0.3 is 14.1 Å². The number of amides is 1. The van der Waals surface area contributed by atoms with Crippen molar-refractivity contribution in [3.8, 4) is 5.75 Å². The van der Waals surface area contributed by atoms with E-state index in [2.05, 4.69) is 13.8 Å². The molecule has 0 N–H and O–H groups in total. The van der Waals surface area contributed by atoms with Gasteiger partial charge in [-0.05, 0) is 29.7 Å². The minimum Gasteiger partial charge on any atom is -0.492 e. The zero-order valence-corrected chi connectivity index (χ0v) is 15.2. The van der Waals surface area contributed by atoms with E-state index >= 15 is 0 Å². The Balaban J connectivity index is 1.64. The molecule has 1 aromatic heterocycles. The minimum absolute atomic E-state index is 0.00194. The molecule has 0 bridgehead atoms. The van der Waals surface area contributed by atoms with E-state index in [1.165, 1.54) is 0 Å². The lowest BCUT2D eigenvalue weighted by molar-refractivity contribution is 0.0707. The molecule has 0 saturated heterocycles. The molecule has 0 unspecified atom stereocenters. The first kappa shape index (κ1) is 16.7. The van der Waals surface area contributed by atoms with Crippen LogP contribution in [-0.4, -0.2) is 24.0 Å². The molecule has 0 radical (unpaired) electrons. The first-order chi connectivity index (χ1) is 12.6. The molecule has 26 heavy (non-hydrogen) atoms. The van der Waals surface area contributed by atoms with Crippen LogP contribution < -0.4 is 4.74 Å². The predicted octanol–water partition coefficient (Wildman–Crippen LogP) is 4.67. The van der Waals surface area contributed by atoms with E-state index < -0.39 is 0 Å². The van der Waals surface area contributed by atoms with Crippen molar-refractivity contribution in [3.05, 3.63) is 65.4 Å². The van der Waals surface area contributed by atoms with Gasteiger partial charge in [-0.15, -0.1) is 0 Å². The van der Waals surface area contributed by atoms with Crippen molar-refractivity contribution in [1.29, 1.82) is 0 Å². The van der Waals surface area contributed by atoms with Gasteiger partial charge in [0.15, 0.2) is 0 Å². The molecule has 2 aromatic carbocycles. The number of rotatable bonds is 5. The van der Waals surface area contributed by atoms with Crippen LogP contribution in [0.1, 0.15) is 35.5 Å². The summed E-state index contributed by atoms with van der Waals surface area (Å²) >= 11 is 0. The van der Waals surface area contributed by atoms with Crippen molar-refractivity contribution in [1.82, 2.24) is 4.90 Å². The van der Waals surface area contributed by atoms with Crippen molar-refractivity contribution in [2.75, 3.05) is 13.2 Å². The maximum atomic E-state index is 13.3. The topological polar surface area (TPSA) is 42.7 Å². The summed E-state index contributed by atoms with van der Waals surface area (Å²) in [6.07, 6.45) is 0.865. The first-order valence-corrected chi connectivity index (χ1v) is 9.13. The van der Waals surface area contributed by atoms with Gasteiger partial charge in [0, 0.05) is 18.4 Å². The van der Waals surface area contributed by atoms with E-state index in [-0.39, 0.29) is 5.91 Å². The van der Waals surface area contributed by atoms with Crippen LogP contribution >= 0.6 is 0 Å². The number of carbonyl (C=O) groups excluding carboxylic acids is 1. The standard InChI is InChI=1S/C22H23NO3/c1-15(2)13-23(14-18-12-17-6-3-4-9-20(17)26-18)22(24)19-8-5-7-16-10-11-25-21(16)19/h3-9,12,15H,10-11,13-14H2,1-2H3. The molecule has 1 aliphatic rings. The Labute approximate surface area is 153 Å². The maximum absolute atomic E-state index is 13.3. The zero-order valence-electron chi connectivity index (χ0n) is 15.2. The fourth-order valence-corrected chi connectivity index (χ4v) is 3.52. The molecule has 134 valence electrons. The molecule has 0 fully saturated rings. The Bertz CT molecular complexity index is 908. The second-order valence-electron chi connectivity index (χ2n) is 7.22. The lowest BCUT2D eigenvalue weighted by Gasteiger charge is -2.24. The molecule has 1 amide bonds. The van der Waals surface area contributed by atoms with E-state index in [1.54, 1.807) is 0 Å². The Morgan fingerprint density at radius 2 is 2.00 bits per heavy atom. The summed E-state index contributed by atoms with van der Waals surface area (Å²) in [6.45, 7) is 6.00. The van der Waals surface area contributed by atoms with Crippen molar-refractivity contribution in [3.63, 3.8) is 0 Å². The Morgan fingerprint density at radius 3 is 2.81 bits per heavy atom. The highest BCUT2D eigenvalue weighted by molar-refractivity contribution is 5.97. The number of ether oxygens (including phenoxy) is 1. The Kier molecular flexibility index (Phi) is 4.41. The van der Waals surface area contributed by atoms with Crippen molar-refractivity contribution in [2.45, 2.75) is 26.8 Å². The average Bonchev–Trinajstić information content (AvgIpc) is 3.25. The number of furan rings is 1. The number of carbonyl (C=O) groups is 1. The molecule has 3 aromatic rings. The van der Waals surface area contributed by atoms with Gasteiger partial charge in [-0.2, -0.15) is 0 Å². The molecule has 0 saturated carbocycles. The van der Waals surface area contributed by atoms with Gasteiger partial charge in [0.25, 0.3) is 5.91 Å². The van der Waals surface area contributed by atoms with Crippen molar-refractivity contribution < 1.29 is 13.9 Å². The molecule has 0 spiro atoms. The van der Waals surface area contributed by atoms with E-state index in [9.17, 15) is 4.79 Å². The molecule has 1 aliphatic heterocycles. The highest BCUT2D eigenvalue weighted by Gasteiger charge is 2.25. The number of para-hydroxylation sites is 2. The fraction of sp³-hybridized carbons (Fsp3) is 0.318. The van der Waals surface area contributed by atoms with Gasteiger partial charge >= 0.3 is 0 Å². The molecular weight excluding hydrogens is 326 g/mol. The van der Waals surface area contributed by atoms with Crippen LogP contribution in [0.15, 0.2) is 52.9 Å². The number of hydrogen-bond acceptors (Lipinski definition) is 3. The van der Waals surface area contributed by atoms with Crippen molar-refractivity contribution in [2.24, 2.45) is 5.92 Å². The van der Waals surface area contributed by atoms with E-state index in [4.69, 9.17) is 9.15 Å². The van der Waals surface area contributed by atoms with Gasteiger partial charge in [0.05, 0.1) is 18.7 Å². The Hall–Kier alpha value is -2.75. The Morgan fingerprint density at radius 1 is 1.15 bits per heavy atom. The quantitative estimate of drug-likeness (QED) is 0.672. The summed E-state index contributed by atoms with van der Waals surface area (Å²) in [7, 11) is 0. The number of hydrogen-bond donors (Lipinski definition) is 0. The van der Waals surface area contributed by atoms with Crippen LogP contribution in [0, 0.1) is 5.92 Å². The molecular formula is C22H23NO3. The van der Waals surface area contributed by atoms with Crippen molar-refractivity contribution >= 4 is 16.9 Å². The van der Waals surface area contributed by atoms with Crippen LogP contribution in [0.25, 0.3) is 11.0 Å². The number of benzene rings is 2. The molecule has 0 atom stereocenters. The van der Waals surface area contributed by atoms with Gasteiger partial charge in [-0.25, -0.2) is 0 Å². The van der Waals surface area contributed by atoms with Crippen LogP contribution in [0.3, 0.4) is 0 Å². The van der Waals surface area contributed by atoms with Gasteiger partial charge in [-0.3, -0.25) is 4.79 Å². The largest absolute Gasteiger partial charge is 0.492 e. The normalized spacial score (nSPS) is 13.0. The third-order valence-corrected chi connectivity index (χ3v) is 4.64. The molecule has 4 rings (SSSR count). The lowest BCUT2D eigenvalue weighted by atomic mass is 10.1. The SMILES string of the molecule is CC(C)CN(Cc1cc2ccccc2o1)C(=O)c1cccc2c1OCC2.